The van der Waals surface area contributed by atoms with Gasteiger partial charge in [0.25, 0.3) is 0 Å². The van der Waals surface area contributed by atoms with Crippen LogP contribution >= 0.6 is 0 Å². The number of nitrogens with one attached hydrogen (secondary N) is 1. The van der Waals surface area contributed by atoms with E-state index in [1.54, 1.807) is 24.3 Å². The molecule has 5 nitrogen and oxygen atoms in total. The lowest BCUT2D eigenvalue weighted by molar-refractivity contribution is 0.100. The van der Waals surface area contributed by atoms with Crippen molar-refractivity contribution < 1.29 is 17.6 Å². The van der Waals surface area contributed by atoms with Crippen LogP contribution in [0.5, 0.6) is 0 Å². The Kier molecular flexibility index (Phi) is 5.68. The van der Waals surface area contributed by atoms with Crippen LogP contribution in [0.2, 0.25) is 0 Å². The maximum absolute atomic E-state index is 13.0. The maximum atomic E-state index is 13.0. The molecule has 2 aromatic carbocycles. The topological polar surface area (TPSA) is 89.3 Å². The molecule has 0 fully saturated rings. The van der Waals surface area contributed by atoms with Crippen molar-refractivity contribution >= 4 is 15.9 Å². The molecule has 0 radical (unpaired) electrons. The molecule has 0 spiro atoms. The van der Waals surface area contributed by atoms with E-state index >= 15 is 0 Å². The Bertz CT molecular complexity index is 897. The molecule has 24 heavy (non-hydrogen) atoms. The van der Waals surface area contributed by atoms with Crippen molar-refractivity contribution in [1.82, 2.24) is 4.72 Å². The van der Waals surface area contributed by atoms with Gasteiger partial charge in [0.15, 0.2) is 0 Å². The van der Waals surface area contributed by atoms with Crippen molar-refractivity contribution in [2.45, 2.75) is 5.75 Å². The molecule has 0 saturated carbocycles. The third-order valence-corrected chi connectivity index (χ3v) is 4.33. The lowest BCUT2D eigenvalue weighted by atomic mass is 10.1. The van der Waals surface area contributed by atoms with Gasteiger partial charge in [0.2, 0.25) is 15.9 Å². The summed E-state index contributed by atoms with van der Waals surface area (Å²) >= 11 is 0. The predicted octanol–water partition coefficient (Wildman–Crippen LogP) is 1.40. The fraction of sp³-hybridized carbons (Fsp3) is 0.118. The third kappa shape index (κ3) is 5.50. The van der Waals surface area contributed by atoms with Crippen LogP contribution in [0.25, 0.3) is 0 Å². The molecule has 0 aliphatic rings. The lowest BCUT2D eigenvalue weighted by Gasteiger charge is -2.04. The molecule has 124 valence electrons. The Labute approximate surface area is 139 Å². The number of rotatable bonds is 5. The van der Waals surface area contributed by atoms with Gasteiger partial charge in [0.1, 0.15) is 5.82 Å². The molecule has 0 aliphatic heterocycles. The SMILES string of the molecule is NC(=O)c1ccc(C#CCNS(=O)(=O)Cc2cccc(F)c2)cc1. The van der Waals surface area contributed by atoms with Crippen molar-refractivity contribution in [3.63, 3.8) is 0 Å². The molecular weight excluding hydrogens is 331 g/mol. The molecule has 0 aromatic heterocycles. The number of primary amides is 1. The van der Waals surface area contributed by atoms with E-state index in [0.717, 1.165) is 0 Å². The van der Waals surface area contributed by atoms with E-state index in [-0.39, 0.29) is 12.3 Å². The minimum atomic E-state index is -3.60. The second kappa shape index (κ2) is 7.73. The summed E-state index contributed by atoms with van der Waals surface area (Å²) in [6, 6.07) is 11.7. The number of carbonyl (C=O) groups excluding carboxylic acids is 1. The zero-order chi connectivity index (χ0) is 17.6. The van der Waals surface area contributed by atoms with E-state index in [1.807, 2.05) is 0 Å². The number of nitrogens with two attached hydrogens (primary N) is 1. The first kappa shape index (κ1) is 17.7. The highest BCUT2D eigenvalue weighted by Crippen LogP contribution is 2.07. The Morgan fingerprint density at radius 2 is 1.88 bits per heavy atom. The second-order valence-corrected chi connectivity index (χ2v) is 6.76. The highest BCUT2D eigenvalue weighted by molar-refractivity contribution is 7.88. The van der Waals surface area contributed by atoms with Crippen LogP contribution in [0, 0.1) is 17.7 Å². The molecule has 1 amide bonds. The summed E-state index contributed by atoms with van der Waals surface area (Å²) < 4.78 is 39.2. The van der Waals surface area contributed by atoms with Gasteiger partial charge in [0.05, 0.1) is 12.3 Å². The minimum absolute atomic E-state index is 0.0742. The first-order chi connectivity index (χ1) is 11.4. The van der Waals surface area contributed by atoms with Gasteiger partial charge in [-0.15, -0.1) is 0 Å². The molecule has 0 atom stereocenters. The van der Waals surface area contributed by atoms with E-state index in [2.05, 4.69) is 16.6 Å². The second-order valence-electron chi connectivity index (χ2n) is 4.95. The van der Waals surface area contributed by atoms with Gasteiger partial charge in [-0.2, -0.15) is 0 Å². The van der Waals surface area contributed by atoms with Gasteiger partial charge in [-0.05, 0) is 42.0 Å². The summed E-state index contributed by atoms with van der Waals surface area (Å²) in [5.41, 5.74) is 6.49. The Morgan fingerprint density at radius 3 is 2.50 bits per heavy atom. The van der Waals surface area contributed by atoms with Crippen molar-refractivity contribution in [2.75, 3.05) is 6.54 Å². The van der Waals surface area contributed by atoms with Gasteiger partial charge >= 0.3 is 0 Å². The fourth-order valence-corrected chi connectivity index (χ4v) is 2.92. The minimum Gasteiger partial charge on any atom is -0.366 e. The summed E-state index contributed by atoms with van der Waals surface area (Å²) in [5, 5.41) is 0. The Hall–Kier alpha value is -2.69. The largest absolute Gasteiger partial charge is 0.366 e. The van der Waals surface area contributed by atoms with E-state index in [1.165, 1.54) is 24.3 Å². The van der Waals surface area contributed by atoms with Gasteiger partial charge in [0, 0.05) is 11.1 Å². The Balaban J connectivity index is 1.92. The van der Waals surface area contributed by atoms with Crippen LogP contribution in [-0.2, 0) is 15.8 Å². The van der Waals surface area contributed by atoms with Crippen molar-refractivity contribution in [3.8, 4) is 11.8 Å². The number of sulfonamides is 1. The third-order valence-electron chi connectivity index (χ3n) is 3.03. The van der Waals surface area contributed by atoms with E-state index < -0.39 is 21.7 Å². The summed E-state index contributed by atoms with van der Waals surface area (Å²) in [6.07, 6.45) is 0. The maximum Gasteiger partial charge on any atom is 0.248 e. The highest BCUT2D eigenvalue weighted by atomic mass is 32.2. The average Bonchev–Trinajstić information content (AvgIpc) is 2.51. The first-order valence-electron chi connectivity index (χ1n) is 6.96. The molecule has 2 rings (SSSR count). The zero-order valence-corrected chi connectivity index (χ0v) is 13.4. The first-order valence-corrected chi connectivity index (χ1v) is 8.61. The van der Waals surface area contributed by atoms with Crippen LogP contribution in [0.1, 0.15) is 21.5 Å². The number of halogens is 1. The van der Waals surface area contributed by atoms with Crippen LogP contribution in [0.15, 0.2) is 48.5 Å². The summed E-state index contributed by atoms with van der Waals surface area (Å²) in [6.45, 7) is -0.0742. The number of hydrogen-bond donors (Lipinski definition) is 2. The van der Waals surface area contributed by atoms with Gasteiger partial charge < -0.3 is 5.73 Å². The molecular formula is C17H15FN2O3S. The van der Waals surface area contributed by atoms with Gasteiger partial charge in [-0.1, -0.05) is 24.0 Å². The zero-order valence-electron chi connectivity index (χ0n) is 12.6. The van der Waals surface area contributed by atoms with Crippen molar-refractivity contribution in [1.29, 1.82) is 0 Å². The normalized spacial score (nSPS) is 10.7. The van der Waals surface area contributed by atoms with Gasteiger partial charge in [-0.3, -0.25) is 4.79 Å². The molecule has 0 bridgehead atoms. The average molecular weight is 346 g/mol. The summed E-state index contributed by atoms with van der Waals surface area (Å²) in [5.74, 6) is 4.11. The van der Waals surface area contributed by atoms with Crippen LogP contribution in [0.4, 0.5) is 4.39 Å². The van der Waals surface area contributed by atoms with E-state index in [4.69, 9.17) is 5.73 Å². The molecule has 0 heterocycles. The van der Waals surface area contributed by atoms with Crippen LogP contribution in [-0.4, -0.2) is 20.9 Å². The quantitative estimate of drug-likeness (QED) is 0.802. The highest BCUT2D eigenvalue weighted by Gasteiger charge is 2.10. The number of carbonyl (C=O) groups is 1. The summed E-state index contributed by atoms with van der Waals surface area (Å²) in [7, 11) is -3.60. The molecule has 0 aliphatic carbocycles. The van der Waals surface area contributed by atoms with E-state index in [9.17, 15) is 17.6 Å². The predicted molar refractivity (Wildman–Crippen MR) is 88.9 cm³/mol. The monoisotopic (exact) mass is 346 g/mol. The van der Waals surface area contributed by atoms with Crippen LogP contribution < -0.4 is 10.5 Å². The summed E-state index contributed by atoms with van der Waals surface area (Å²) in [4.78, 5) is 10.9. The number of benzene rings is 2. The smallest absolute Gasteiger partial charge is 0.248 e. The molecule has 0 saturated heterocycles. The number of amides is 1. The van der Waals surface area contributed by atoms with Gasteiger partial charge in [-0.25, -0.2) is 17.5 Å². The Morgan fingerprint density at radius 1 is 1.17 bits per heavy atom. The molecule has 2 aromatic rings. The van der Waals surface area contributed by atoms with Crippen molar-refractivity contribution in [3.05, 3.63) is 71.0 Å². The number of hydrogen-bond acceptors (Lipinski definition) is 3. The van der Waals surface area contributed by atoms with Crippen molar-refractivity contribution in [2.24, 2.45) is 5.73 Å². The van der Waals surface area contributed by atoms with Crippen LogP contribution in [0.3, 0.4) is 0 Å². The lowest BCUT2D eigenvalue weighted by Crippen LogP contribution is -2.25. The molecule has 7 heteroatoms. The standard InChI is InChI=1S/C17H15FN2O3S/c18-16-5-1-3-14(11-16)12-24(22,23)20-10-2-4-13-6-8-15(9-7-13)17(19)21/h1,3,5-9,11,20H,10,12H2,(H2,19,21). The molecule has 0 unspecified atom stereocenters. The fourth-order valence-electron chi connectivity index (χ4n) is 1.91. The van der Waals surface area contributed by atoms with E-state index in [0.29, 0.717) is 16.7 Å². The molecule has 3 N–H and O–H groups in total.